The second kappa shape index (κ2) is 11.3. The Bertz CT molecular complexity index is 1350. The van der Waals surface area contributed by atoms with Gasteiger partial charge >= 0.3 is 5.97 Å². The van der Waals surface area contributed by atoms with Crippen molar-refractivity contribution in [2.24, 2.45) is 0 Å². The van der Waals surface area contributed by atoms with E-state index in [4.69, 9.17) is 18.9 Å². The van der Waals surface area contributed by atoms with Gasteiger partial charge in [0, 0.05) is 28.6 Å². The Hall–Kier alpha value is -3.72. The standard InChI is InChI=1S/C27H30N2O6S/c1-5-33-25-17(3)36-26(29-25)18-7-10-23(24(15-18)32-4)35-12-6-11-34-20-8-9-21-19(13-20)14-22(28-21)16(2)27(30)31/h7-10,13-16,28H,5-6,11-12H2,1-4H3,(H,30,31). The lowest BCUT2D eigenvalue weighted by Crippen LogP contribution is -2.07. The van der Waals surface area contributed by atoms with Crippen LogP contribution < -0.4 is 18.9 Å². The Morgan fingerprint density at radius 2 is 1.89 bits per heavy atom. The summed E-state index contributed by atoms with van der Waals surface area (Å²) in [6, 6.07) is 13.3. The Morgan fingerprint density at radius 1 is 1.08 bits per heavy atom. The van der Waals surface area contributed by atoms with Crippen molar-refractivity contribution in [3.8, 4) is 33.7 Å². The van der Waals surface area contributed by atoms with E-state index in [1.807, 2.05) is 56.3 Å². The van der Waals surface area contributed by atoms with Crippen molar-refractivity contribution in [3.05, 3.63) is 53.0 Å². The number of aromatic nitrogens is 2. The monoisotopic (exact) mass is 510 g/mol. The summed E-state index contributed by atoms with van der Waals surface area (Å²) in [5, 5.41) is 11.0. The topological polar surface area (TPSA) is 103 Å². The minimum atomic E-state index is -0.863. The first kappa shape index (κ1) is 25.4. The fourth-order valence-electron chi connectivity index (χ4n) is 3.72. The van der Waals surface area contributed by atoms with Gasteiger partial charge < -0.3 is 29.0 Å². The van der Waals surface area contributed by atoms with Gasteiger partial charge in [0.15, 0.2) is 11.5 Å². The third-order valence-corrected chi connectivity index (χ3v) is 6.71. The van der Waals surface area contributed by atoms with Crippen LogP contribution in [0.4, 0.5) is 0 Å². The van der Waals surface area contributed by atoms with E-state index in [0.717, 1.165) is 32.1 Å². The zero-order chi connectivity index (χ0) is 25.7. The van der Waals surface area contributed by atoms with Crippen molar-refractivity contribution in [2.75, 3.05) is 26.9 Å². The number of aromatic amines is 1. The predicted molar refractivity (Wildman–Crippen MR) is 140 cm³/mol. The molecule has 2 aromatic heterocycles. The average Bonchev–Trinajstić information content (AvgIpc) is 3.46. The minimum absolute atomic E-state index is 0.466. The molecule has 0 fully saturated rings. The molecule has 2 N–H and O–H groups in total. The van der Waals surface area contributed by atoms with E-state index < -0.39 is 11.9 Å². The van der Waals surface area contributed by atoms with Crippen LogP contribution in [0.25, 0.3) is 21.5 Å². The molecule has 0 amide bonds. The summed E-state index contributed by atoms with van der Waals surface area (Å²) in [7, 11) is 1.62. The van der Waals surface area contributed by atoms with Gasteiger partial charge in [-0.15, -0.1) is 11.3 Å². The molecule has 2 heterocycles. The van der Waals surface area contributed by atoms with Crippen molar-refractivity contribution in [3.63, 3.8) is 0 Å². The SMILES string of the molecule is CCOc1nc(-c2ccc(OCCCOc3ccc4[nH]c(C(C)C(=O)O)cc4c3)c(OC)c2)sc1C. The third-order valence-electron chi connectivity index (χ3n) is 5.71. The molecule has 9 heteroatoms. The second-order valence-electron chi connectivity index (χ2n) is 8.26. The first-order valence-corrected chi connectivity index (χ1v) is 12.6. The van der Waals surface area contributed by atoms with E-state index in [1.165, 1.54) is 0 Å². The highest BCUT2D eigenvalue weighted by molar-refractivity contribution is 7.15. The number of benzene rings is 2. The maximum Gasteiger partial charge on any atom is 0.312 e. The fraction of sp³-hybridized carbons (Fsp3) is 0.333. The molecule has 1 atom stereocenters. The number of H-pyrrole nitrogens is 1. The number of carboxylic acids is 1. The van der Waals surface area contributed by atoms with E-state index in [1.54, 1.807) is 25.4 Å². The van der Waals surface area contributed by atoms with Crippen LogP contribution in [0.15, 0.2) is 42.5 Å². The van der Waals surface area contributed by atoms with Crippen LogP contribution in [0.5, 0.6) is 23.1 Å². The Labute approximate surface area is 213 Å². The maximum absolute atomic E-state index is 11.2. The summed E-state index contributed by atoms with van der Waals surface area (Å²) in [5.74, 6) is 1.24. The van der Waals surface area contributed by atoms with Crippen LogP contribution in [0.3, 0.4) is 0 Å². The predicted octanol–water partition coefficient (Wildman–Crippen LogP) is 6.04. The quantitative estimate of drug-likeness (QED) is 0.224. The van der Waals surface area contributed by atoms with Crippen molar-refractivity contribution in [2.45, 2.75) is 33.1 Å². The van der Waals surface area contributed by atoms with E-state index in [2.05, 4.69) is 9.97 Å². The van der Waals surface area contributed by atoms with Gasteiger partial charge in [-0.05, 0) is 63.2 Å². The number of carboxylic acid groups (broad SMARTS) is 1. The van der Waals surface area contributed by atoms with Crippen molar-refractivity contribution < 1.29 is 28.8 Å². The first-order chi connectivity index (χ1) is 17.4. The molecular weight excluding hydrogens is 480 g/mol. The number of aryl methyl sites for hydroxylation is 1. The molecule has 0 aliphatic rings. The van der Waals surface area contributed by atoms with Crippen molar-refractivity contribution in [1.82, 2.24) is 9.97 Å². The van der Waals surface area contributed by atoms with Gasteiger partial charge in [-0.1, -0.05) is 0 Å². The number of aliphatic carboxylic acids is 1. The summed E-state index contributed by atoms with van der Waals surface area (Å²) in [4.78, 5) is 20.0. The van der Waals surface area contributed by atoms with E-state index in [0.29, 0.717) is 49.3 Å². The van der Waals surface area contributed by atoms with Crippen LogP contribution >= 0.6 is 11.3 Å². The molecule has 4 aromatic rings. The number of hydrogen-bond acceptors (Lipinski definition) is 7. The second-order valence-corrected chi connectivity index (χ2v) is 9.47. The Kier molecular flexibility index (Phi) is 8.00. The molecule has 0 bridgehead atoms. The molecule has 190 valence electrons. The average molecular weight is 511 g/mol. The number of nitrogens with zero attached hydrogens (tertiary/aromatic N) is 1. The highest BCUT2D eigenvalue weighted by atomic mass is 32.1. The molecule has 0 spiro atoms. The van der Waals surface area contributed by atoms with Crippen LogP contribution in [-0.2, 0) is 4.79 Å². The number of methoxy groups -OCH3 is 1. The molecule has 1 unspecified atom stereocenters. The molecule has 0 saturated carbocycles. The summed E-state index contributed by atoms with van der Waals surface area (Å²) < 4.78 is 22.9. The van der Waals surface area contributed by atoms with Gasteiger partial charge in [0.1, 0.15) is 10.8 Å². The van der Waals surface area contributed by atoms with Gasteiger partial charge in [-0.2, -0.15) is 0 Å². The molecular formula is C27H30N2O6S. The summed E-state index contributed by atoms with van der Waals surface area (Å²) >= 11 is 1.58. The van der Waals surface area contributed by atoms with Crippen LogP contribution in [0, 0.1) is 6.92 Å². The van der Waals surface area contributed by atoms with Crippen LogP contribution in [-0.4, -0.2) is 48.0 Å². The van der Waals surface area contributed by atoms with Gasteiger partial charge in [0.05, 0.1) is 37.7 Å². The smallest absolute Gasteiger partial charge is 0.312 e. The van der Waals surface area contributed by atoms with Crippen LogP contribution in [0.2, 0.25) is 0 Å². The fourth-order valence-corrected chi connectivity index (χ4v) is 4.57. The lowest BCUT2D eigenvalue weighted by molar-refractivity contribution is -0.138. The summed E-state index contributed by atoms with van der Waals surface area (Å²) in [5.41, 5.74) is 2.50. The van der Waals surface area contributed by atoms with Gasteiger partial charge in [0.2, 0.25) is 5.88 Å². The number of hydrogen-bond donors (Lipinski definition) is 2. The Morgan fingerprint density at radius 3 is 2.64 bits per heavy atom. The molecule has 0 aliphatic heterocycles. The Balaban J connectivity index is 1.31. The normalized spacial score (nSPS) is 11.9. The summed E-state index contributed by atoms with van der Waals surface area (Å²) in [6.45, 7) is 7.12. The summed E-state index contributed by atoms with van der Waals surface area (Å²) in [6.07, 6.45) is 0.681. The molecule has 0 saturated heterocycles. The van der Waals surface area contributed by atoms with Gasteiger partial charge in [-0.3, -0.25) is 4.79 Å². The lowest BCUT2D eigenvalue weighted by Gasteiger charge is -2.12. The lowest BCUT2D eigenvalue weighted by atomic mass is 10.1. The maximum atomic E-state index is 11.2. The molecule has 0 aliphatic carbocycles. The highest BCUT2D eigenvalue weighted by Gasteiger charge is 2.16. The van der Waals surface area contributed by atoms with Crippen molar-refractivity contribution in [1.29, 1.82) is 0 Å². The number of carbonyl (C=O) groups is 1. The number of thiazole rings is 1. The van der Waals surface area contributed by atoms with Crippen LogP contribution in [0.1, 0.15) is 36.8 Å². The molecule has 36 heavy (non-hydrogen) atoms. The largest absolute Gasteiger partial charge is 0.493 e. The number of nitrogens with one attached hydrogen (secondary N) is 1. The zero-order valence-electron chi connectivity index (χ0n) is 20.8. The number of rotatable bonds is 12. The van der Waals surface area contributed by atoms with Gasteiger partial charge in [-0.25, -0.2) is 4.98 Å². The van der Waals surface area contributed by atoms with E-state index in [-0.39, 0.29) is 0 Å². The number of fused-ring (bicyclic) bond motifs is 1. The van der Waals surface area contributed by atoms with Crippen molar-refractivity contribution >= 4 is 28.2 Å². The van der Waals surface area contributed by atoms with E-state index in [9.17, 15) is 9.90 Å². The first-order valence-electron chi connectivity index (χ1n) is 11.8. The highest BCUT2D eigenvalue weighted by Crippen LogP contribution is 2.37. The number of ether oxygens (including phenoxy) is 4. The molecule has 4 rings (SSSR count). The van der Waals surface area contributed by atoms with Gasteiger partial charge in [0.25, 0.3) is 0 Å². The minimum Gasteiger partial charge on any atom is -0.493 e. The molecule has 0 radical (unpaired) electrons. The molecule has 8 nitrogen and oxygen atoms in total. The van der Waals surface area contributed by atoms with E-state index >= 15 is 0 Å². The zero-order valence-corrected chi connectivity index (χ0v) is 21.6. The third kappa shape index (κ3) is 5.73. The molecule has 2 aromatic carbocycles.